The maximum Gasteiger partial charge on any atom is 0.223 e. The predicted molar refractivity (Wildman–Crippen MR) is 87.7 cm³/mol. The second kappa shape index (κ2) is 6.95. The molecule has 0 saturated carbocycles. The van der Waals surface area contributed by atoms with Crippen molar-refractivity contribution in [3.63, 3.8) is 0 Å². The Morgan fingerprint density at radius 3 is 2.18 bits per heavy atom. The fraction of sp³-hybridized carbons (Fsp3) is 0.556. The molecule has 1 aliphatic rings. The number of carbonyl (C=O) groups excluding carboxylic acids is 2. The lowest BCUT2D eigenvalue weighted by Crippen LogP contribution is -2.48. The van der Waals surface area contributed by atoms with Crippen molar-refractivity contribution in [3.8, 4) is 0 Å². The first-order valence-electron chi connectivity index (χ1n) is 7.97. The van der Waals surface area contributed by atoms with E-state index in [1.54, 1.807) is 4.90 Å². The van der Waals surface area contributed by atoms with Gasteiger partial charge in [-0.3, -0.25) is 9.59 Å². The van der Waals surface area contributed by atoms with Crippen LogP contribution in [0, 0.1) is 0 Å². The predicted octanol–water partition coefficient (Wildman–Crippen LogP) is 2.22. The Bertz CT molecular complexity index is 509. The lowest BCUT2D eigenvalue weighted by molar-refractivity contribution is -0.135. The molecule has 1 fully saturated rings. The zero-order valence-electron chi connectivity index (χ0n) is 13.8. The van der Waals surface area contributed by atoms with Crippen LogP contribution in [0.1, 0.15) is 38.3 Å². The summed E-state index contributed by atoms with van der Waals surface area (Å²) < 4.78 is 0. The Kier molecular flexibility index (Phi) is 5.22. The molecule has 1 saturated heterocycles. The summed E-state index contributed by atoms with van der Waals surface area (Å²) in [5.74, 6) is 0.186. The molecule has 0 bridgehead atoms. The Labute approximate surface area is 133 Å². The first-order valence-corrected chi connectivity index (χ1v) is 7.97. The highest BCUT2D eigenvalue weighted by atomic mass is 16.2. The highest BCUT2D eigenvalue weighted by Gasteiger charge is 2.19. The van der Waals surface area contributed by atoms with E-state index < -0.39 is 0 Å². The van der Waals surface area contributed by atoms with Gasteiger partial charge in [0.25, 0.3) is 0 Å². The lowest BCUT2D eigenvalue weighted by Gasteiger charge is -2.32. The number of benzene rings is 1. The van der Waals surface area contributed by atoms with E-state index in [1.807, 2.05) is 4.90 Å². The Morgan fingerprint density at radius 2 is 1.68 bits per heavy atom. The van der Waals surface area contributed by atoms with Crippen LogP contribution in [0.15, 0.2) is 24.3 Å². The van der Waals surface area contributed by atoms with Crippen LogP contribution in [0.5, 0.6) is 0 Å². The zero-order chi connectivity index (χ0) is 16.2. The molecule has 1 heterocycles. The second-order valence-corrected chi connectivity index (χ2v) is 6.97. The number of aryl methyl sites for hydroxylation is 1. The Balaban J connectivity index is 1.83. The van der Waals surface area contributed by atoms with Crippen molar-refractivity contribution in [2.45, 2.75) is 39.0 Å². The van der Waals surface area contributed by atoms with Gasteiger partial charge in [-0.1, -0.05) is 45.0 Å². The minimum absolute atomic E-state index is 0.159. The highest BCUT2D eigenvalue weighted by molar-refractivity contribution is 5.76. The standard InChI is InChI=1S/C18H26N2O2/c1-18(2,3)16-7-4-15(5-8-16)6-9-17(22)20-12-10-19(14-21)11-13-20/h4-5,7-8,14H,6,9-13H2,1-3H3. The first kappa shape index (κ1) is 16.5. The summed E-state index contributed by atoms with van der Waals surface area (Å²) in [6, 6.07) is 8.56. The van der Waals surface area contributed by atoms with Crippen molar-refractivity contribution < 1.29 is 9.59 Å². The molecule has 22 heavy (non-hydrogen) atoms. The molecule has 0 unspecified atom stereocenters. The summed E-state index contributed by atoms with van der Waals surface area (Å²) in [6.45, 7) is 9.20. The largest absolute Gasteiger partial charge is 0.342 e. The normalized spacial score (nSPS) is 15.8. The van der Waals surface area contributed by atoms with Crippen LogP contribution >= 0.6 is 0 Å². The van der Waals surface area contributed by atoms with Crippen molar-refractivity contribution in [1.82, 2.24) is 9.80 Å². The second-order valence-electron chi connectivity index (χ2n) is 6.97. The summed E-state index contributed by atoms with van der Waals surface area (Å²) in [6.07, 6.45) is 2.17. The molecule has 2 amide bonds. The van der Waals surface area contributed by atoms with Gasteiger partial charge in [-0.25, -0.2) is 0 Å². The van der Waals surface area contributed by atoms with Gasteiger partial charge in [-0.15, -0.1) is 0 Å². The number of rotatable bonds is 4. The van der Waals surface area contributed by atoms with Gasteiger partial charge in [-0.05, 0) is 23.0 Å². The van der Waals surface area contributed by atoms with Crippen molar-refractivity contribution in [1.29, 1.82) is 0 Å². The van der Waals surface area contributed by atoms with E-state index in [0.29, 0.717) is 32.6 Å². The number of nitrogens with zero attached hydrogens (tertiary/aromatic N) is 2. The van der Waals surface area contributed by atoms with E-state index >= 15 is 0 Å². The monoisotopic (exact) mass is 302 g/mol. The molecule has 0 N–H and O–H groups in total. The average Bonchev–Trinajstić information content (AvgIpc) is 2.52. The van der Waals surface area contributed by atoms with Gasteiger partial charge >= 0.3 is 0 Å². The number of hydrogen-bond donors (Lipinski definition) is 0. The average molecular weight is 302 g/mol. The van der Waals surface area contributed by atoms with Gasteiger partial charge in [0, 0.05) is 32.6 Å². The minimum Gasteiger partial charge on any atom is -0.342 e. The quantitative estimate of drug-likeness (QED) is 0.800. The molecule has 4 heteroatoms. The minimum atomic E-state index is 0.159. The molecular weight excluding hydrogens is 276 g/mol. The van der Waals surface area contributed by atoms with E-state index in [2.05, 4.69) is 45.0 Å². The van der Waals surface area contributed by atoms with Crippen LogP contribution in [0.25, 0.3) is 0 Å². The number of amides is 2. The molecule has 1 aliphatic heterocycles. The molecule has 0 radical (unpaired) electrons. The van der Waals surface area contributed by atoms with Gasteiger partial charge < -0.3 is 9.80 Å². The van der Waals surface area contributed by atoms with E-state index in [1.165, 1.54) is 11.1 Å². The smallest absolute Gasteiger partial charge is 0.223 e. The van der Waals surface area contributed by atoms with Crippen LogP contribution in [0.4, 0.5) is 0 Å². The molecule has 120 valence electrons. The maximum absolute atomic E-state index is 12.2. The van der Waals surface area contributed by atoms with Crippen LogP contribution < -0.4 is 0 Å². The lowest BCUT2D eigenvalue weighted by atomic mass is 9.86. The Morgan fingerprint density at radius 1 is 1.09 bits per heavy atom. The summed E-state index contributed by atoms with van der Waals surface area (Å²) in [7, 11) is 0. The van der Waals surface area contributed by atoms with Crippen molar-refractivity contribution >= 4 is 12.3 Å². The van der Waals surface area contributed by atoms with E-state index in [-0.39, 0.29) is 11.3 Å². The zero-order valence-corrected chi connectivity index (χ0v) is 13.8. The topological polar surface area (TPSA) is 40.6 Å². The molecule has 0 spiro atoms. The fourth-order valence-corrected chi connectivity index (χ4v) is 2.66. The van der Waals surface area contributed by atoms with Gasteiger partial charge in [0.15, 0.2) is 0 Å². The van der Waals surface area contributed by atoms with Crippen LogP contribution in [-0.4, -0.2) is 48.3 Å². The van der Waals surface area contributed by atoms with Crippen molar-refractivity contribution in [2.24, 2.45) is 0 Å². The van der Waals surface area contributed by atoms with Crippen LogP contribution in [0.3, 0.4) is 0 Å². The summed E-state index contributed by atoms with van der Waals surface area (Å²) >= 11 is 0. The molecule has 2 rings (SSSR count). The summed E-state index contributed by atoms with van der Waals surface area (Å²) in [5.41, 5.74) is 2.67. The molecule has 0 aliphatic carbocycles. The highest BCUT2D eigenvalue weighted by Crippen LogP contribution is 2.22. The summed E-state index contributed by atoms with van der Waals surface area (Å²) in [4.78, 5) is 26.5. The van der Waals surface area contributed by atoms with Crippen LogP contribution in [0.2, 0.25) is 0 Å². The SMILES string of the molecule is CC(C)(C)c1ccc(CCC(=O)N2CCN(C=O)CC2)cc1. The molecule has 0 atom stereocenters. The van der Waals surface area contributed by atoms with Gasteiger partial charge in [-0.2, -0.15) is 0 Å². The van der Waals surface area contributed by atoms with Crippen LogP contribution in [-0.2, 0) is 21.4 Å². The summed E-state index contributed by atoms with van der Waals surface area (Å²) in [5, 5.41) is 0. The molecule has 4 nitrogen and oxygen atoms in total. The number of carbonyl (C=O) groups is 2. The molecule has 1 aromatic carbocycles. The molecular formula is C18H26N2O2. The number of piperazine rings is 1. The molecule has 1 aromatic rings. The third kappa shape index (κ3) is 4.33. The van der Waals surface area contributed by atoms with Gasteiger partial charge in [0.1, 0.15) is 0 Å². The Hall–Kier alpha value is -1.84. The van der Waals surface area contributed by atoms with Gasteiger partial charge in [0.2, 0.25) is 12.3 Å². The fourth-order valence-electron chi connectivity index (χ4n) is 2.66. The van der Waals surface area contributed by atoms with Crippen molar-refractivity contribution in [3.05, 3.63) is 35.4 Å². The van der Waals surface area contributed by atoms with E-state index in [4.69, 9.17) is 0 Å². The van der Waals surface area contributed by atoms with E-state index in [0.717, 1.165) is 12.8 Å². The first-order chi connectivity index (χ1) is 10.4. The molecule has 0 aromatic heterocycles. The maximum atomic E-state index is 12.2. The van der Waals surface area contributed by atoms with Crippen molar-refractivity contribution in [2.75, 3.05) is 26.2 Å². The third-order valence-electron chi connectivity index (χ3n) is 4.26. The number of hydrogen-bond acceptors (Lipinski definition) is 2. The third-order valence-corrected chi connectivity index (χ3v) is 4.26. The van der Waals surface area contributed by atoms with E-state index in [9.17, 15) is 9.59 Å². The van der Waals surface area contributed by atoms with Gasteiger partial charge in [0.05, 0.1) is 0 Å².